The average Bonchev–Trinajstić information content (AvgIpc) is 2.03. The number of thiocarbonyl (C=S) groups is 1. The molecule has 0 N–H and O–H groups in total. The third-order valence-electron chi connectivity index (χ3n) is 1.27. The van der Waals surface area contributed by atoms with Gasteiger partial charge in [-0.3, -0.25) is 0 Å². The van der Waals surface area contributed by atoms with Crippen molar-refractivity contribution in [3.63, 3.8) is 0 Å². The van der Waals surface area contributed by atoms with Crippen molar-refractivity contribution in [3.8, 4) is 0 Å². The molecule has 3 nitrogen and oxygen atoms in total. The Hall–Kier alpha value is 0.0300. The fourth-order valence-electron chi connectivity index (χ4n) is 0.746. The van der Waals surface area contributed by atoms with Crippen molar-refractivity contribution >= 4 is 29.2 Å². The summed E-state index contributed by atoms with van der Waals surface area (Å²) in [6.07, 6.45) is 0. The van der Waals surface area contributed by atoms with Gasteiger partial charge in [0.15, 0.2) is 0 Å². The van der Waals surface area contributed by atoms with Crippen LogP contribution in [-0.2, 0) is 17.4 Å². The van der Waals surface area contributed by atoms with E-state index in [0.29, 0.717) is 4.32 Å². The maximum absolute atomic E-state index is 5.10. The van der Waals surface area contributed by atoms with Crippen molar-refractivity contribution in [3.05, 3.63) is 0 Å². The van der Waals surface area contributed by atoms with E-state index in [1.807, 2.05) is 4.90 Å². The molecule has 0 aromatic rings. The largest absolute Gasteiger partial charge is 0.411 e. The lowest BCUT2D eigenvalue weighted by molar-refractivity contribution is -0.849. The van der Waals surface area contributed by atoms with Gasteiger partial charge in [-0.05, 0) is 0 Å². The first-order valence-electron chi connectivity index (χ1n) is 4.63. The molecule has 1 aliphatic rings. The summed E-state index contributed by atoms with van der Waals surface area (Å²) >= 11 is 9.60. The van der Waals surface area contributed by atoms with E-state index in [0.717, 1.165) is 30.8 Å². The van der Waals surface area contributed by atoms with Gasteiger partial charge in [0.2, 0.25) is 0 Å². The highest BCUT2D eigenvalue weighted by molar-refractivity contribution is 8.00. The second-order valence-electron chi connectivity index (χ2n) is 4.55. The molecule has 0 unspecified atom stereocenters. The zero-order valence-corrected chi connectivity index (χ0v) is 11.1. The Balaban J connectivity index is 0.000000292. The number of morpholine rings is 1. The van der Waals surface area contributed by atoms with Crippen LogP contribution in [0.5, 0.6) is 0 Å². The number of hydrogen-bond donors (Lipinski definition) is 0. The molecule has 0 spiro atoms. The van der Waals surface area contributed by atoms with Crippen LogP contribution in [-0.4, -0.2) is 68.2 Å². The monoisotopic (exact) mass is 236 g/mol. The van der Waals surface area contributed by atoms with Crippen molar-refractivity contribution in [1.29, 1.82) is 0 Å². The first-order chi connectivity index (χ1) is 6.30. The van der Waals surface area contributed by atoms with Crippen LogP contribution < -0.4 is 0 Å². The molecular weight excluding hydrogens is 216 g/mol. The lowest BCUT2D eigenvalue weighted by atomic mass is 10.5. The zero-order chi connectivity index (χ0) is 11.2. The third kappa shape index (κ3) is 10.1. The van der Waals surface area contributed by atoms with Crippen molar-refractivity contribution in [2.75, 3.05) is 54.5 Å². The van der Waals surface area contributed by atoms with E-state index in [1.165, 1.54) is 0 Å². The van der Waals surface area contributed by atoms with Gasteiger partial charge in [0.25, 0.3) is 0 Å². The summed E-state index contributed by atoms with van der Waals surface area (Å²) in [5.41, 5.74) is 0. The van der Waals surface area contributed by atoms with Gasteiger partial charge < -0.3 is 39.0 Å². The topological polar surface area (TPSA) is 12.5 Å². The Labute approximate surface area is 98.0 Å². The van der Waals surface area contributed by atoms with E-state index in [-0.39, 0.29) is 0 Å². The molecule has 1 heterocycles. The van der Waals surface area contributed by atoms with Gasteiger partial charge in [0, 0.05) is 13.1 Å². The predicted molar refractivity (Wildman–Crippen MR) is 66.3 cm³/mol. The summed E-state index contributed by atoms with van der Waals surface area (Å²) in [6, 6.07) is 0. The number of nitrogens with zero attached hydrogens (tertiary/aromatic N) is 2. The minimum Gasteiger partial charge on any atom is -0.411 e. The van der Waals surface area contributed by atoms with Gasteiger partial charge in [-0.25, -0.2) is 0 Å². The number of hydrogen-bond acceptors (Lipinski definition) is 3. The Bertz CT molecular complexity index is 168. The number of rotatable bonds is 0. The van der Waals surface area contributed by atoms with E-state index < -0.39 is 0 Å². The molecule has 0 atom stereocenters. The van der Waals surface area contributed by atoms with E-state index in [9.17, 15) is 0 Å². The fourth-order valence-corrected chi connectivity index (χ4v) is 1.11. The molecule has 0 amide bonds. The third-order valence-corrected chi connectivity index (χ3v) is 1.79. The minimum absolute atomic E-state index is 0.568. The highest BCUT2D eigenvalue weighted by atomic mass is 32.1. The second-order valence-corrected chi connectivity index (χ2v) is 5.58. The van der Waals surface area contributed by atoms with Crippen LogP contribution >= 0.6 is 12.2 Å². The van der Waals surface area contributed by atoms with Crippen LogP contribution in [0.4, 0.5) is 0 Å². The van der Waals surface area contributed by atoms with Crippen LogP contribution in [0.15, 0.2) is 0 Å². The number of ether oxygens (including phenoxy) is 1. The first kappa shape index (κ1) is 14.0. The van der Waals surface area contributed by atoms with Gasteiger partial charge in [-0.2, -0.15) is 0 Å². The van der Waals surface area contributed by atoms with Crippen LogP contribution in [0, 0.1) is 0 Å². The summed E-state index contributed by atoms with van der Waals surface area (Å²) in [6.45, 7) is 3.25. The van der Waals surface area contributed by atoms with Crippen molar-refractivity contribution in [2.45, 2.75) is 0 Å². The van der Waals surface area contributed by atoms with Gasteiger partial charge >= 0.3 is 0 Å². The Morgan fingerprint density at radius 1 is 1.21 bits per heavy atom. The van der Waals surface area contributed by atoms with Crippen LogP contribution in [0.1, 0.15) is 0 Å². The van der Waals surface area contributed by atoms with E-state index in [2.05, 4.69) is 28.2 Å². The lowest BCUT2D eigenvalue weighted by Crippen LogP contribution is -2.38. The van der Waals surface area contributed by atoms with E-state index in [1.54, 1.807) is 0 Å². The fraction of sp³-hybridized carbons (Fsp3) is 0.889. The predicted octanol–water partition coefficient (Wildman–Crippen LogP) is 0.473. The molecule has 1 saturated heterocycles. The van der Waals surface area contributed by atoms with Crippen LogP contribution in [0.25, 0.3) is 0 Å². The number of quaternary nitrogens is 1. The smallest absolute Gasteiger partial charge is 0.0675 e. The van der Waals surface area contributed by atoms with Gasteiger partial charge in [-0.15, -0.1) is 0 Å². The molecule has 0 saturated carbocycles. The van der Waals surface area contributed by atoms with Gasteiger partial charge in [0.1, 0.15) is 0 Å². The average molecular weight is 236 g/mol. The molecule has 0 bridgehead atoms. The standard InChI is InChI=1S/C5H9NOS2.C4H12N/c8-5(9)6-1-3-7-4-2-6;1-5(2,3)4/h1-4H2,(H,8,9);1-4H3/q;+1/p-1. The Morgan fingerprint density at radius 3 is 1.79 bits per heavy atom. The summed E-state index contributed by atoms with van der Waals surface area (Å²) in [5, 5.41) is 0. The van der Waals surface area contributed by atoms with Gasteiger partial charge in [-0.1, -0.05) is 4.32 Å². The van der Waals surface area contributed by atoms with Crippen LogP contribution in [0.3, 0.4) is 0 Å². The molecule has 84 valence electrons. The second kappa shape index (κ2) is 6.50. The molecule has 1 fully saturated rings. The molecule has 1 aliphatic heterocycles. The van der Waals surface area contributed by atoms with Crippen molar-refractivity contribution in [1.82, 2.24) is 4.90 Å². The molecule has 0 radical (unpaired) electrons. The van der Waals surface area contributed by atoms with Gasteiger partial charge in [0.05, 0.1) is 41.4 Å². The zero-order valence-electron chi connectivity index (χ0n) is 9.45. The highest BCUT2D eigenvalue weighted by Gasteiger charge is 2.05. The normalized spacial score (nSPS) is 17.0. The summed E-state index contributed by atoms with van der Waals surface area (Å²) in [7, 11) is 8.50. The molecule has 0 aromatic heterocycles. The molecule has 5 heteroatoms. The lowest BCUT2D eigenvalue weighted by Gasteiger charge is -2.31. The Morgan fingerprint density at radius 2 is 1.57 bits per heavy atom. The Kier molecular flexibility index (Phi) is 6.52. The van der Waals surface area contributed by atoms with Crippen LogP contribution in [0.2, 0.25) is 0 Å². The highest BCUT2D eigenvalue weighted by Crippen LogP contribution is 1.96. The maximum Gasteiger partial charge on any atom is 0.0675 e. The summed E-state index contributed by atoms with van der Waals surface area (Å²) < 4.78 is 6.67. The van der Waals surface area contributed by atoms with Crippen molar-refractivity contribution < 1.29 is 9.22 Å². The molecule has 0 aromatic carbocycles. The quantitative estimate of drug-likeness (QED) is 0.344. The summed E-state index contributed by atoms with van der Waals surface area (Å²) in [5.74, 6) is 0. The molecule has 14 heavy (non-hydrogen) atoms. The molecular formula is C9H20N2OS2. The molecule has 1 rings (SSSR count). The molecule has 0 aliphatic carbocycles. The van der Waals surface area contributed by atoms with E-state index in [4.69, 9.17) is 29.6 Å². The van der Waals surface area contributed by atoms with Crippen molar-refractivity contribution in [2.24, 2.45) is 0 Å². The van der Waals surface area contributed by atoms with E-state index >= 15 is 0 Å². The SMILES string of the molecule is C[N+](C)(C)C.S=C([S-])N1CCOCC1. The summed E-state index contributed by atoms with van der Waals surface area (Å²) in [4.78, 5) is 1.98. The first-order valence-corrected chi connectivity index (χ1v) is 5.45. The minimum atomic E-state index is 0.568. The maximum atomic E-state index is 5.10.